The maximum atomic E-state index is 14.3. The average Bonchev–Trinajstić information content (AvgIpc) is 2.76. The van der Waals surface area contributed by atoms with Crippen LogP contribution in [0.15, 0.2) is 30.5 Å². The van der Waals surface area contributed by atoms with E-state index in [4.69, 9.17) is 5.73 Å². The zero-order valence-corrected chi connectivity index (χ0v) is 12.6. The summed E-state index contributed by atoms with van der Waals surface area (Å²) < 4.78 is 15.9. The number of hydrogen-bond donors (Lipinski definition) is 2. The van der Waals surface area contributed by atoms with Crippen LogP contribution in [0, 0.1) is 12.7 Å². The van der Waals surface area contributed by atoms with Gasteiger partial charge in [0, 0.05) is 17.3 Å². The molecule has 5 nitrogen and oxygen atoms in total. The standard InChI is InChI=1S/C16H17FN4O/c1-9-6-11(14-19-15(18)20-21(14)8-9)10-4-5-12(13(17)7-10)16(2,3)22/h4-8,22H,1-3H3,(H2,18,20). The predicted molar refractivity (Wildman–Crippen MR) is 82.8 cm³/mol. The minimum absolute atomic E-state index is 0.167. The minimum Gasteiger partial charge on any atom is -0.386 e. The van der Waals surface area contributed by atoms with Crippen molar-refractivity contribution in [3.63, 3.8) is 0 Å². The first-order valence-electron chi connectivity index (χ1n) is 6.91. The van der Waals surface area contributed by atoms with E-state index in [0.29, 0.717) is 11.2 Å². The normalized spacial score (nSPS) is 12.0. The molecule has 0 radical (unpaired) electrons. The summed E-state index contributed by atoms with van der Waals surface area (Å²) in [5.41, 5.74) is 7.59. The topological polar surface area (TPSA) is 76.4 Å². The van der Waals surface area contributed by atoms with Gasteiger partial charge in [-0.25, -0.2) is 8.91 Å². The number of nitrogens with two attached hydrogens (primary N) is 1. The Morgan fingerprint density at radius 1 is 1.27 bits per heavy atom. The first-order chi connectivity index (χ1) is 10.3. The van der Waals surface area contributed by atoms with Crippen molar-refractivity contribution in [1.82, 2.24) is 14.6 Å². The van der Waals surface area contributed by atoms with Crippen LogP contribution in [0.2, 0.25) is 0 Å². The SMILES string of the molecule is Cc1cc(-c2ccc(C(C)(C)O)c(F)c2)c2nc(N)nn2c1. The van der Waals surface area contributed by atoms with Crippen LogP contribution >= 0.6 is 0 Å². The van der Waals surface area contributed by atoms with Crippen molar-refractivity contribution in [3.8, 4) is 11.1 Å². The molecule has 0 saturated carbocycles. The summed E-state index contributed by atoms with van der Waals surface area (Å²) in [5, 5.41) is 14.1. The van der Waals surface area contributed by atoms with E-state index in [1.165, 1.54) is 6.07 Å². The first-order valence-corrected chi connectivity index (χ1v) is 6.91. The van der Waals surface area contributed by atoms with Gasteiger partial charge in [-0.05, 0) is 44.0 Å². The molecule has 0 fully saturated rings. The van der Waals surface area contributed by atoms with Crippen molar-refractivity contribution >= 4 is 11.6 Å². The zero-order valence-electron chi connectivity index (χ0n) is 12.6. The lowest BCUT2D eigenvalue weighted by Gasteiger charge is -2.19. The van der Waals surface area contributed by atoms with E-state index in [0.717, 1.165) is 11.1 Å². The Labute approximate surface area is 127 Å². The second kappa shape index (κ2) is 4.78. The zero-order chi connectivity index (χ0) is 16.1. The molecule has 3 N–H and O–H groups in total. The van der Waals surface area contributed by atoms with Gasteiger partial charge >= 0.3 is 0 Å². The highest BCUT2D eigenvalue weighted by Gasteiger charge is 2.21. The monoisotopic (exact) mass is 300 g/mol. The molecule has 0 aliphatic rings. The molecule has 22 heavy (non-hydrogen) atoms. The Morgan fingerprint density at radius 2 is 2.00 bits per heavy atom. The summed E-state index contributed by atoms with van der Waals surface area (Å²) >= 11 is 0. The predicted octanol–water partition coefficient (Wildman–Crippen LogP) is 2.65. The molecular formula is C16H17FN4O. The highest BCUT2D eigenvalue weighted by Crippen LogP contribution is 2.30. The molecule has 0 amide bonds. The van der Waals surface area contributed by atoms with Gasteiger partial charge in [0.1, 0.15) is 5.82 Å². The van der Waals surface area contributed by atoms with Gasteiger partial charge in [0.05, 0.1) is 5.60 Å². The molecule has 0 spiro atoms. The van der Waals surface area contributed by atoms with Crippen molar-refractivity contribution in [2.75, 3.05) is 5.73 Å². The summed E-state index contributed by atoms with van der Waals surface area (Å²) in [5.74, 6) is -0.294. The van der Waals surface area contributed by atoms with Gasteiger partial charge < -0.3 is 10.8 Å². The van der Waals surface area contributed by atoms with E-state index in [1.54, 1.807) is 30.5 Å². The number of aliphatic hydroxyl groups is 1. The van der Waals surface area contributed by atoms with Crippen LogP contribution in [0.1, 0.15) is 25.0 Å². The molecule has 3 aromatic rings. The van der Waals surface area contributed by atoms with E-state index >= 15 is 0 Å². The number of aryl methyl sites for hydroxylation is 1. The summed E-state index contributed by atoms with van der Waals surface area (Å²) in [6, 6.07) is 6.65. The molecular weight excluding hydrogens is 283 g/mol. The fourth-order valence-electron chi connectivity index (χ4n) is 2.53. The molecule has 0 aliphatic heterocycles. The lowest BCUT2D eigenvalue weighted by atomic mass is 9.95. The Hall–Kier alpha value is -2.47. The van der Waals surface area contributed by atoms with Crippen molar-refractivity contribution in [2.45, 2.75) is 26.4 Å². The van der Waals surface area contributed by atoms with E-state index in [2.05, 4.69) is 10.1 Å². The Bertz CT molecular complexity index is 864. The summed E-state index contributed by atoms with van der Waals surface area (Å²) in [6.07, 6.45) is 1.81. The van der Waals surface area contributed by atoms with Gasteiger partial charge in [-0.3, -0.25) is 0 Å². The number of fused-ring (bicyclic) bond motifs is 1. The molecule has 2 aromatic heterocycles. The van der Waals surface area contributed by atoms with Gasteiger partial charge in [-0.15, -0.1) is 5.10 Å². The van der Waals surface area contributed by atoms with Gasteiger partial charge in [0.15, 0.2) is 5.65 Å². The summed E-state index contributed by atoms with van der Waals surface area (Å²) in [6.45, 7) is 5.02. The largest absolute Gasteiger partial charge is 0.386 e. The fraction of sp³-hybridized carbons (Fsp3) is 0.250. The number of hydrogen-bond acceptors (Lipinski definition) is 4. The van der Waals surface area contributed by atoms with E-state index in [1.807, 2.05) is 19.2 Å². The van der Waals surface area contributed by atoms with Gasteiger partial charge in [-0.1, -0.05) is 12.1 Å². The van der Waals surface area contributed by atoms with Crippen LogP contribution in [0.25, 0.3) is 16.8 Å². The van der Waals surface area contributed by atoms with Crippen molar-refractivity contribution in [1.29, 1.82) is 0 Å². The quantitative estimate of drug-likeness (QED) is 0.763. The lowest BCUT2D eigenvalue weighted by molar-refractivity contribution is 0.0746. The maximum absolute atomic E-state index is 14.3. The molecule has 0 bridgehead atoms. The lowest BCUT2D eigenvalue weighted by Crippen LogP contribution is -2.17. The number of nitrogens with zero attached hydrogens (tertiary/aromatic N) is 3. The number of rotatable bonds is 2. The molecule has 6 heteroatoms. The molecule has 0 atom stereocenters. The van der Waals surface area contributed by atoms with Crippen molar-refractivity contribution < 1.29 is 9.50 Å². The summed E-state index contributed by atoms with van der Waals surface area (Å²) in [7, 11) is 0. The molecule has 0 unspecified atom stereocenters. The molecule has 0 aliphatic carbocycles. The van der Waals surface area contributed by atoms with Crippen LogP contribution in [-0.2, 0) is 5.60 Å². The molecule has 1 aromatic carbocycles. The van der Waals surface area contributed by atoms with Gasteiger partial charge in [-0.2, -0.15) is 4.98 Å². The van der Waals surface area contributed by atoms with Gasteiger partial charge in [0.2, 0.25) is 5.95 Å². The molecule has 3 rings (SSSR count). The molecule has 0 saturated heterocycles. The van der Waals surface area contributed by atoms with Crippen LogP contribution in [-0.4, -0.2) is 19.7 Å². The fourth-order valence-corrected chi connectivity index (χ4v) is 2.53. The van der Waals surface area contributed by atoms with Crippen LogP contribution in [0.5, 0.6) is 0 Å². The Morgan fingerprint density at radius 3 is 2.64 bits per heavy atom. The van der Waals surface area contributed by atoms with E-state index in [9.17, 15) is 9.50 Å². The van der Waals surface area contributed by atoms with Gasteiger partial charge in [0.25, 0.3) is 0 Å². The first kappa shape index (κ1) is 14.5. The minimum atomic E-state index is -1.23. The number of aromatic nitrogens is 3. The number of halogens is 1. The Balaban J connectivity index is 2.22. The summed E-state index contributed by atoms with van der Waals surface area (Å²) in [4.78, 5) is 4.19. The van der Waals surface area contributed by atoms with Crippen molar-refractivity contribution in [2.24, 2.45) is 0 Å². The third-order valence-corrected chi connectivity index (χ3v) is 3.53. The Kier molecular flexibility index (Phi) is 3.14. The smallest absolute Gasteiger partial charge is 0.240 e. The third-order valence-electron chi connectivity index (χ3n) is 3.53. The number of pyridine rings is 1. The molecule has 114 valence electrons. The highest BCUT2D eigenvalue weighted by molar-refractivity contribution is 5.78. The number of nitrogen functional groups attached to an aromatic ring is 1. The van der Waals surface area contributed by atoms with Crippen molar-refractivity contribution in [3.05, 3.63) is 47.4 Å². The van der Waals surface area contributed by atoms with Crippen LogP contribution < -0.4 is 5.73 Å². The maximum Gasteiger partial charge on any atom is 0.240 e. The van der Waals surface area contributed by atoms with Crippen LogP contribution in [0.3, 0.4) is 0 Å². The van der Waals surface area contributed by atoms with E-state index < -0.39 is 11.4 Å². The highest BCUT2D eigenvalue weighted by atomic mass is 19.1. The number of anilines is 1. The average molecular weight is 300 g/mol. The molecule has 2 heterocycles. The van der Waals surface area contributed by atoms with Crippen LogP contribution in [0.4, 0.5) is 10.3 Å². The third kappa shape index (κ3) is 2.42. The number of benzene rings is 1. The van der Waals surface area contributed by atoms with E-state index in [-0.39, 0.29) is 11.5 Å². The second-order valence-corrected chi connectivity index (χ2v) is 5.92. The second-order valence-electron chi connectivity index (χ2n) is 5.92.